The van der Waals surface area contributed by atoms with Crippen molar-refractivity contribution < 1.29 is 0 Å². The Morgan fingerprint density at radius 1 is 1.14 bits per heavy atom. The van der Waals surface area contributed by atoms with Crippen LogP contribution in [-0.2, 0) is 0 Å². The molecule has 114 valence electrons. The Labute approximate surface area is 136 Å². The molecule has 0 radical (unpaired) electrons. The lowest BCUT2D eigenvalue weighted by Gasteiger charge is -2.11. The van der Waals surface area contributed by atoms with Gasteiger partial charge in [-0.1, -0.05) is 63.8 Å². The summed E-state index contributed by atoms with van der Waals surface area (Å²) in [6.07, 6.45) is 6.28. The van der Waals surface area contributed by atoms with Crippen LogP contribution in [0.3, 0.4) is 0 Å². The zero-order valence-electron chi connectivity index (χ0n) is 13.9. The van der Waals surface area contributed by atoms with E-state index >= 15 is 0 Å². The smallest absolute Gasteiger partial charge is 0.0647 e. The second kappa shape index (κ2) is 7.03. The van der Waals surface area contributed by atoms with Gasteiger partial charge in [0.2, 0.25) is 0 Å². The number of nitrogens with zero attached hydrogens (tertiary/aromatic N) is 1. The average molecular weight is 309 g/mol. The van der Waals surface area contributed by atoms with Gasteiger partial charge in [0.05, 0.1) is 5.44 Å². The third kappa shape index (κ3) is 5.24. The first-order valence-corrected chi connectivity index (χ1v) is 8.52. The monoisotopic (exact) mass is 309 g/mol. The third-order valence-electron chi connectivity index (χ3n) is 3.23. The highest BCUT2D eigenvalue weighted by Gasteiger charge is 2.04. The first-order valence-electron chi connectivity index (χ1n) is 7.52. The number of aromatic nitrogens is 1. The van der Waals surface area contributed by atoms with Crippen molar-refractivity contribution in [2.75, 3.05) is 0 Å². The van der Waals surface area contributed by atoms with Crippen LogP contribution in [0.4, 0.5) is 0 Å². The van der Waals surface area contributed by atoms with E-state index < -0.39 is 0 Å². The molecule has 0 N–H and O–H groups in total. The molecule has 22 heavy (non-hydrogen) atoms. The van der Waals surface area contributed by atoms with Crippen molar-refractivity contribution in [1.82, 2.24) is 4.98 Å². The van der Waals surface area contributed by atoms with Crippen molar-refractivity contribution >= 4 is 25.4 Å². The van der Waals surface area contributed by atoms with Gasteiger partial charge in [-0.05, 0) is 55.1 Å². The second-order valence-electron chi connectivity index (χ2n) is 6.64. The SMILES string of the molecule is C=C(Pc1cc(C)ccn1)c1ccc(/C=C/C(C)(C)C)cc1. The minimum Gasteiger partial charge on any atom is -0.256 e. The summed E-state index contributed by atoms with van der Waals surface area (Å²) in [6.45, 7) is 12.9. The van der Waals surface area contributed by atoms with Crippen molar-refractivity contribution in [1.29, 1.82) is 0 Å². The maximum atomic E-state index is 4.42. The van der Waals surface area contributed by atoms with E-state index in [0.717, 1.165) is 10.7 Å². The van der Waals surface area contributed by atoms with E-state index in [2.05, 4.69) is 81.7 Å². The van der Waals surface area contributed by atoms with Crippen LogP contribution in [0.1, 0.15) is 37.5 Å². The fourth-order valence-corrected chi connectivity index (χ4v) is 3.03. The molecule has 0 spiro atoms. The molecule has 1 aromatic carbocycles. The molecule has 2 rings (SSSR count). The van der Waals surface area contributed by atoms with Gasteiger partial charge in [-0.2, -0.15) is 0 Å². The van der Waals surface area contributed by atoms with Crippen molar-refractivity contribution in [3.8, 4) is 0 Å². The van der Waals surface area contributed by atoms with Crippen LogP contribution in [0.2, 0.25) is 0 Å². The van der Waals surface area contributed by atoms with Crippen LogP contribution >= 0.6 is 8.58 Å². The quantitative estimate of drug-likeness (QED) is 0.687. The van der Waals surface area contributed by atoms with Crippen molar-refractivity contribution in [3.63, 3.8) is 0 Å². The number of rotatable bonds is 4. The Morgan fingerprint density at radius 2 is 1.82 bits per heavy atom. The number of aryl methyl sites for hydroxylation is 1. The van der Waals surface area contributed by atoms with Crippen LogP contribution < -0.4 is 5.44 Å². The lowest BCUT2D eigenvalue weighted by Crippen LogP contribution is -2.00. The number of hydrogen-bond acceptors (Lipinski definition) is 1. The first kappa shape index (κ1) is 16.6. The van der Waals surface area contributed by atoms with Gasteiger partial charge < -0.3 is 0 Å². The molecule has 0 aliphatic rings. The zero-order chi connectivity index (χ0) is 16.2. The summed E-state index contributed by atoms with van der Waals surface area (Å²) < 4.78 is 0. The van der Waals surface area contributed by atoms with Gasteiger partial charge in [0.25, 0.3) is 0 Å². The van der Waals surface area contributed by atoms with Gasteiger partial charge in [0.1, 0.15) is 0 Å². The van der Waals surface area contributed by atoms with Crippen molar-refractivity contribution in [2.45, 2.75) is 27.7 Å². The number of hydrogen-bond donors (Lipinski definition) is 0. The molecule has 1 atom stereocenters. The molecule has 1 aromatic heterocycles. The van der Waals surface area contributed by atoms with E-state index in [1.54, 1.807) is 0 Å². The van der Waals surface area contributed by atoms with Crippen LogP contribution in [-0.4, -0.2) is 4.98 Å². The van der Waals surface area contributed by atoms with Gasteiger partial charge >= 0.3 is 0 Å². The Bertz CT molecular complexity index is 676. The van der Waals surface area contributed by atoms with Crippen LogP contribution in [0.15, 0.2) is 55.3 Å². The molecule has 1 unspecified atom stereocenters. The average Bonchev–Trinajstić information content (AvgIpc) is 2.45. The second-order valence-corrected chi connectivity index (χ2v) is 8.01. The molecule has 0 bridgehead atoms. The number of benzene rings is 1. The molecule has 0 saturated carbocycles. The molecule has 0 aliphatic heterocycles. The van der Waals surface area contributed by atoms with E-state index in [0.29, 0.717) is 8.58 Å². The molecule has 0 saturated heterocycles. The summed E-state index contributed by atoms with van der Waals surface area (Å²) in [4.78, 5) is 4.42. The summed E-state index contributed by atoms with van der Waals surface area (Å²) in [5.41, 5.74) is 4.97. The normalized spacial score (nSPS) is 12.4. The van der Waals surface area contributed by atoms with Crippen LogP contribution in [0, 0.1) is 12.3 Å². The van der Waals surface area contributed by atoms with Gasteiger partial charge in [0.15, 0.2) is 0 Å². The van der Waals surface area contributed by atoms with E-state index in [9.17, 15) is 0 Å². The van der Waals surface area contributed by atoms with Crippen molar-refractivity contribution in [3.05, 3.63) is 71.9 Å². The summed E-state index contributed by atoms with van der Waals surface area (Å²) in [5, 5.41) is 1.13. The summed E-state index contributed by atoms with van der Waals surface area (Å²) in [5.74, 6) is 0. The first-order chi connectivity index (χ1) is 10.3. The fraction of sp³-hybridized carbons (Fsp3) is 0.250. The van der Waals surface area contributed by atoms with Crippen LogP contribution in [0.25, 0.3) is 11.4 Å². The van der Waals surface area contributed by atoms with Gasteiger partial charge in [-0.15, -0.1) is 0 Å². The molecule has 0 amide bonds. The predicted molar refractivity (Wildman–Crippen MR) is 101 cm³/mol. The van der Waals surface area contributed by atoms with E-state index in [4.69, 9.17) is 0 Å². The Hall–Kier alpha value is -1.72. The maximum Gasteiger partial charge on any atom is 0.0647 e. The molecular weight excluding hydrogens is 285 g/mol. The van der Waals surface area contributed by atoms with E-state index in [-0.39, 0.29) is 5.41 Å². The molecule has 1 heterocycles. The minimum absolute atomic E-state index is 0.209. The highest BCUT2D eigenvalue weighted by Crippen LogP contribution is 2.30. The topological polar surface area (TPSA) is 12.9 Å². The highest BCUT2D eigenvalue weighted by molar-refractivity contribution is 7.58. The summed E-state index contributed by atoms with van der Waals surface area (Å²) >= 11 is 0. The summed E-state index contributed by atoms with van der Waals surface area (Å²) in [6, 6.07) is 12.7. The molecule has 2 aromatic rings. The van der Waals surface area contributed by atoms with Gasteiger partial charge in [0, 0.05) is 6.20 Å². The van der Waals surface area contributed by atoms with Gasteiger partial charge in [-0.25, -0.2) is 0 Å². The molecule has 1 nitrogen and oxygen atoms in total. The minimum atomic E-state index is 0.209. The molecule has 2 heteroatoms. The van der Waals surface area contributed by atoms with E-state index in [1.807, 2.05) is 12.3 Å². The standard InChI is InChI=1S/C20H24NP/c1-15-11-13-21-19(14-15)22-16(2)18-8-6-17(7-9-18)10-12-20(3,4)5/h6-14,22H,2H2,1,3-5H3/b12-10+. The summed E-state index contributed by atoms with van der Waals surface area (Å²) in [7, 11) is 0.517. The largest absolute Gasteiger partial charge is 0.256 e. The van der Waals surface area contributed by atoms with E-state index in [1.165, 1.54) is 16.7 Å². The van der Waals surface area contributed by atoms with Gasteiger partial charge in [-0.3, -0.25) is 4.98 Å². The van der Waals surface area contributed by atoms with Crippen molar-refractivity contribution in [2.24, 2.45) is 5.41 Å². The molecular formula is C20H24NP. The van der Waals surface area contributed by atoms with Crippen LogP contribution in [0.5, 0.6) is 0 Å². The molecule has 0 aliphatic carbocycles. The fourth-order valence-electron chi connectivity index (χ4n) is 1.97. The zero-order valence-corrected chi connectivity index (χ0v) is 14.9. The third-order valence-corrected chi connectivity index (χ3v) is 4.35. The Morgan fingerprint density at radius 3 is 2.41 bits per heavy atom. The lowest BCUT2D eigenvalue weighted by molar-refractivity contribution is 0.547. The lowest BCUT2D eigenvalue weighted by atomic mass is 9.95. The number of allylic oxidation sites excluding steroid dienone is 1. The molecule has 0 fully saturated rings. The Kier molecular flexibility index (Phi) is 5.32. The maximum absolute atomic E-state index is 4.42. The highest BCUT2D eigenvalue weighted by atomic mass is 31.1. The number of pyridine rings is 1. The predicted octanol–water partition coefficient (Wildman–Crippen LogP) is 5.42. The Balaban J connectivity index is 2.07.